The number of rotatable bonds is 3. The predicted molar refractivity (Wildman–Crippen MR) is 70.8 cm³/mol. The summed E-state index contributed by atoms with van der Waals surface area (Å²) in [5.74, 6) is 1.34. The van der Waals surface area contributed by atoms with Crippen LogP contribution in [0.4, 0.5) is 0 Å². The van der Waals surface area contributed by atoms with Gasteiger partial charge in [0.05, 0.1) is 0 Å². The molecule has 0 aromatic carbocycles. The molecule has 0 bridgehead atoms. The molecule has 2 heterocycles. The lowest BCUT2D eigenvalue weighted by Crippen LogP contribution is -2.38. The molecule has 0 spiro atoms. The first kappa shape index (κ1) is 11.5. The lowest BCUT2D eigenvalue weighted by atomic mass is 10.1. The van der Waals surface area contributed by atoms with Gasteiger partial charge in [-0.05, 0) is 42.5 Å². The van der Waals surface area contributed by atoms with Crippen molar-refractivity contribution < 1.29 is 0 Å². The number of hydrogen-bond acceptors (Lipinski definition) is 3. The Morgan fingerprint density at radius 1 is 1.53 bits per heavy atom. The number of thioether (sulfide) groups is 1. The molecule has 1 aliphatic heterocycles. The van der Waals surface area contributed by atoms with Crippen LogP contribution in [0.5, 0.6) is 0 Å². The molecular weight excluding hydrogens is 222 g/mol. The van der Waals surface area contributed by atoms with Crippen molar-refractivity contribution in [1.29, 1.82) is 0 Å². The molecule has 1 aromatic rings. The van der Waals surface area contributed by atoms with Gasteiger partial charge < -0.3 is 5.32 Å². The Labute approximate surface area is 101 Å². The minimum atomic E-state index is 0.713. The molecule has 1 fully saturated rings. The summed E-state index contributed by atoms with van der Waals surface area (Å²) in [4.78, 5) is 1.50. The van der Waals surface area contributed by atoms with E-state index in [9.17, 15) is 0 Å². The van der Waals surface area contributed by atoms with Crippen molar-refractivity contribution in [2.45, 2.75) is 44.5 Å². The Morgan fingerprint density at radius 3 is 3.07 bits per heavy atom. The van der Waals surface area contributed by atoms with Gasteiger partial charge in [0.1, 0.15) is 0 Å². The third-order valence-corrected chi connectivity index (χ3v) is 5.50. The third-order valence-electron chi connectivity index (χ3n) is 3.10. The van der Waals surface area contributed by atoms with Crippen molar-refractivity contribution in [3.05, 3.63) is 21.9 Å². The first-order valence-electron chi connectivity index (χ1n) is 5.65. The standard InChI is InChI=1S/C12H19NS2/c1-9-5-7-15-12(9)8-13-11-4-3-6-14-10(11)2/h5,7,10-11,13H,3-4,6,8H2,1-2H3. The summed E-state index contributed by atoms with van der Waals surface area (Å²) in [6, 6.07) is 2.92. The molecule has 1 aliphatic rings. The third kappa shape index (κ3) is 2.99. The van der Waals surface area contributed by atoms with Gasteiger partial charge in [-0.15, -0.1) is 11.3 Å². The van der Waals surface area contributed by atoms with Crippen molar-refractivity contribution in [1.82, 2.24) is 5.32 Å². The number of thiophene rings is 1. The van der Waals surface area contributed by atoms with Gasteiger partial charge in [-0.25, -0.2) is 0 Å². The zero-order valence-electron chi connectivity index (χ0n) is 9.45. The van der Waals surface area contributed by atoms with E-state index in [-0.39, 0.29) is 0 Å². The van der Waals surface area contributed by atoms with Gasteiger partial charge in [-0.1, -0.05) is 6.92 Å². The maximum atomic E-state index is 3.70. The maximum absolute atomic E-state index is 3.70. The van der Waals surface area contributed by atoms with Crippen LogP contribution >= 0.6 is 23.1 Å². The number of nitrogens with one attached hydrogen (secondary N) is 1. The number of hydrogen-bond donors (Lipinski definition) is 1. The molecule has 3 heteroatoms. The van der Waals surface area contributed by atoms with E-state index in [0.29, 0.717) is 6.04 Å². The van der Waals surface area contributed by atoms with Crippen LogP contribution in [0.2, 0.25) is 0 Å². The molecule has 84 valence electrons. The Balaban J connectivity index is 1.84. The van der Waals surface area contributed by atoms with Crippen LogP contribution in [0.25, 0.3) is 0 Å². The van der Waals surface area contributed by atoms with Gasteiger partial charge in [0.2, 0.25) is 0 Å². The molecule has 0 saturated carbocycles. The quantitative estimate of drug-likeness (QED) is 0.870. The largest absolute Gasteiger partial charge is 0.308 e. The summed E-state index contributed by atoms with van der Waals surface area (Å²) in [6.07, 6.45) is 2.72. The molecular formula is C12H19NS2. The van der Waals surface area contributed by atoms with Crippen LogP contribution in [0.15, 0.2) is 11.4 Å². The van der Waals surface area contributed by atoms with Crippen LogP contribution in [0.3, 0.4) is 0 Å². The van der Waals surface area contributed by atoms with Gasteiger partial charge in [-0.3, -0.25) is 0 Å². The summed E-state index contributed by atoms with van der Waals surface area (Å²) in [7, 11) is 0. The fourth-order valence-electron chi connectivity index (χ4n) is 2.00. The van der Waals surface area contributed by atoms with E-state index in [4.69, 9.17) is 0 Å². The summed E-state index contributed by atoms with van der Waals surface area (Å²) in [5.41, 5.74) is 1.43. The van der Waals surface area contributed by atoms with E-state index in [2.05, 4.69) is 42.4 Å². The van der Waals surface area contributed by atoms with Crippen LogP contribution in [-0.2, 0) is 6.54 Å². The molecule has 2 atom stereocenters. The molecule has 1 N–H and O–H groups in total. The van der Waals surface area contributed by atoms with Crippen molar-refractivity contribution in [3.63, 3.8) is 0 Å². The topological polar surface area (TPSA) is 12.0 Å². The Morgan fingerprint density at radius 2 is 2.40 bits per heavy atom. The predicted octanol–water partition coefficient (Wildman–Crippen LogP) is 3.43. The minimum Gasteiger partial charge on any atom is -0.308 e. The normalized spacial score (nSPS) is 26.8. The molecule has 2 unspecified atom stereocenters. The van der Waals surface area contributed by atoms with Crippen molar-refractivity contribution in [3.8, 4) is 0 Å². The van der Waals surface area contributed by atoms with Crippen molar-refractivity contribution >= 4 is 23.1 Å². The molecule has 0 amide bonds. The average molecular weight is 241 g/mol. The number of aryl methyl sites for hydroxylation is 1. The first-order chi connectivity index (χ1) is 7.27. The second-order valence-electron chi connectivity index (χ2n) is 4.23. The summed E-state index contributed by atoms with van der Waals surface area (Å²) in [6.45, 7) is 5.61. The maximum Gasteiger partial charge on any atom is 0.0305 e. The van der Waals surface area contributed by atoms with Crippen LogP contribution in [0, 0.1) is 6.92 Å². The smallest absolute Gasteiger partial charge is 0.0305 e. The monoisotopic (exact) mass is 241 g/mol. The minimum absolute atomic E-state index is 0.713. The lowest BCUT2D eigenvalue weighted by molar-refractivity contribution is 0.463. The lowest BCUT2D eigenvalue weighted by Gasteiger charge is -2.29. The molecule has 0 radical (unpaired) electrons. The summed E-state index contributed by atoms with van der Waals surface area (Å²) in [5, 5.41) is 6.67. The molecule has 1 aromatic heterocycles. The Bertz CT molecular complexity index is 308. The first-order valence-corrected chi connectivity index (χ1v) is 7.58. The van der Waals surface area contributed by atoms with Gasteiger partial charge in [0.25, 0.3) is 0 Å². The Kier molecular flexibility index (Phi) is 4.12. The van der Waals surface area contributed by atoms with Gasteiger partial charge in [-0.2, -0.15) is 11.8 Å². The highest BCUT2D eigenvalue weighted by Gasteiger charge is 2.21. The molecule has 15 heavy (non-hydrogen) atoms. The van der Waals surface area contributed by atoms with E-state index < -0.39 is 0 Å². The molecule has 1 nitrogen and oxygen atoms in total. The van der Waals surface area contributed by atoms with Crippen LogP contribution < -0.4 is 5.32 Å². The zero-order valence-corrected chi connectivity index (χ0v) is 11.1. The van der Waals surface area contributed by atoms with E-state index in [1.165, 1.54) is 29.0 Å². The van der Waals surface area contributed by atoms with E-state index in [1.54, 1.807) is 0 Å². The summed E-state index contributed by atoms with van der Waals surface area (Å²) < 4.78 is 0. The summed E-state index contributed by atoms with van der Waals surface area (Å²) >= 11 is 3.98. The van der Waals surface area contributed by atoms with E-state index in [1.807, 2.05) is 11.3 Å². The second kappa shape index (κ2) is 5.37. The van der Waals surface area contributed by atoms with Gasteiger partial charge in [0.15, 0.2) is 0 Å². The van der Waals surface area contributed by atoms with Crippen LogP contribution in [0.1, 0.15) is 30.2 Å². The fourth-order valence-corrected chi connectivity index (χ4v) is 4.03. The van der Waals surface area contributed by atoms with E-state index >= 15 is 0 Å². The molecule has 2 rings (SSSR count). The van der Waals surface area contributed by atoms with Gasteiger partial charge in [0, 0.05) is 22.7 Å². The fraction of sp³-hybridized carbons (Fsp3) is 0.667. The SMILES string of the molecule is Cc1ccsc1CNC1CCCSC1C. The van der Waals surface area contributed by atoms with Crippen LogP contribution in [-0.4, -0.2) is 17.0 Å². The average Bonchev–Trinajstić information content (AvgIpc) is 2.63. The molecule has 1 saturated heterocycles. The second-order valence-corrected chi connectivity index (χ2v) is 6.72. The van der Waals surface area contributed by atoms with Crippen molar-refractivity contribution in [2.24, 2.45) is 0 Å². The zero-order chi connectivity index (χ0) is 10.7. The van der Waals surface area contributed by atoms with Crippen molar-refractivity contribution in [2.75, 3.05) is 5.75 Å². The highest BCUT2D eigenvalue weighted by atomic mass is 32.2. The highest BCUT2D eigenvalue weighted by Crippen LogP contribution is 2.25. The molecule has 0 aliphatic carbocycles. The van der Waals surface area contributed by atoms with Gasteiger partial charge >= 0.3 is 0 Å². The van der Waals surface area contributed by atoms with E-state index in [0.717, 1.165) is 11.8 Å². The highest BCUT2D eigenvalue weighted by molar-refractivity contribution is 7.99. The Hall–Kier alpha value is 0.01000.